The Hall–Kier alpha value is -6.65. The van der Waals surface area contributed by atoms with Crippen LogP contribution in [0.4, 0.5) is 0 Å². The molecule has 8 aromatic carbocycles. The molecule has 0 saturated carbocycles. The molecular formula is C45H27N3O. The van der Waals surface area contributed by atoms with Crippen molar-refractivity contribution in [1.29, 1.82) is 0 Å². The molecule has 0 radical (unpaired) electrons. The second-order valence-electron chi connectivity index (χ2n) is 12.3. The Kier molecular flexibility index (Phi) is 6.15. The molecule has 0 fully saturated rings. The van der Waals surface area contributed by atoms with E-state index in [2.05, 4.69) is 103 Å². The molecule has 0 aliphatic carbocycles. The summed E-state index contributed by atoms with van der Waals surface area (Å²) in [4.78, 5) is 15.5. The average molecular weight is 626 g/mol. The summed E-state index contributed by atoms with van der Waals surface area (Å²) in [5, 5.41) is 9.38. The Bertz CT molecular complexity index is 2890. The van der Waals surface area contributed by atoms with Crippen LogP contribution in [0.5, 0.6) is 0 Å². The molecule has 0 aliphatic rings. The molecule has 2 heterocycles. The first-order valence-corrected chi connectivity index (χ1v) is 16.5. The molecule has 0 atom stereocenters. The van der Waals surface area contributed by atoms with Crippen molar-refractivity contribution in [3.63, 3.8) is 0 Å². The zero-order valence-corrected chi connectivity index (χ0v) is 26.3. The van der Waals surface area contributed by atoms with E-state index in [4.69, 9.17) is 19.4 Å². The van der Waals surface area contributed by atoms with Crippen LogP contribution < -0.4 is 0 Å². The summed E-state index contributed by atoms with van der Waals surface area (Å²) in [5.74, 6) is 1.84. The lowest BCUT2D eigenvalue weighted by Crippen LogP contribution is -2.01. The topological polar surface area (TPSA) is 51.8 Å². The zero-order chi connectivity index (χ0) is 32.3. The van der Waals surface area contributed by atoms with Crippen LogP contribution in [-0.4, -0.2) is 15.0 Å². The molecule has 0 aliphatic heterocycles. The highest BCUT2D eigenvalue weighted by Gasteiger charge is 2.20. The zero-order valence-electron chi connectivity index (χ0n) is 26.3. The maximum Gasteiger partial charge on any atom is 0.164 e. The van der Waals surface area contributed by atoms with Crippen LogP contribution in [0.15, 0.2) is 168 Å². The molecule has 0 unspecified atom stereocenters. The van der Waals surface area contributed by atoms with Crippen molar-refractivity contribution in [2.45, 2.75) is 0 Å². The van der Waals surface area contributed by atoms with Gasteiger partial charge >= 0.3 is 0 Å². The average Bonchev–Trinajstić information content (AvgIpc) is 3.56. The minimum atomic E-state index is 0.602. The van der Waals surface area contributed by atoms with Crippen LogP contribution in [0.3, 0.4) is 0 Å². The summed E-state index contributed by atoms with van der Waals surface area (Å²) in [5.41, 5.74) is 6.62. The van der Waals surface area contributed by atoms with Crippen LogP contribution >= 0.6 is 0 Å². The number of fused-ring (bicyclic) bond motifs is 8. The van der Waals surface area contributed by atoms with E-state index in [0.29, 0.717) is 17.5 Å². The van der Waals surface area contributed by atoms with Gasteiger partial charge in [0, 0.05) is 27.5 Å². The first kappa shape index (κ1) is 27.5. The van der Waals surface area contributed by atoms with Gasteiger partial charge in [-0.1, -0.05) is 152 Å². The number of hydrogen-bond acceptors (Lipinski definition) is 4. The van der Waals surface area contributed by atoms with Gasteiger partial charge in [0.05, 0.1) is 0 Å². The Morgan fingerprint density at radius 1 is 0.306 bits per heavy atom. The highest BCUT2D eigenvalue weighted by molar-refractivity contribution is 6.21. The van der Waals surface area contributed by atoms with Crippen LogP contribution in [0.25, 0.3) is 99.5 Å². The van der Waals surface area contributed by atoms with E-state index in [1.807, 2.05) is 60.7 Å². The van der Waals surface area contributed by atoms with Crippen LogP contribution in [0, 0.1) is 0 Å². The predicted molar refractivity (Wildman–Crippen MR) is 201 cm³/mol. The van der Waals surface area contributed by atoms with Gasteiger partial charge in [-0.3, -0.25) is 0 Å². The van der Waals surface area contributed by atoms with E-state index >= 15 is 0 Å². The van der Waals surface area contributed by atoms with Crippen molar-refractivity contribution >= 4 is 54.3 Å². The van der Waals surface area contributed by atoms with Gasteiger partial charge < -0.3 is 4.42 Å². The van der Waals surface area contributed by atoms with Gasteiger partial charge in [-0.15, -0.1) is 0 Å². The van der Waals surface area contributed by atoms with E-state index in [0.717, 1.165) is 49.8 Å². The Labute approximate surface area is 282 Å². The first-order valence-electron chi connectivity index (χ1n) is 16.5. The number of furan rings is 1. The summed E-state index contributed by atoms with van der Waals surface area (Å²) in [7, 11) is 0. The Morgan fingerprint density at radius 2 is 0.898 bits per heavy atom. The number of aromatic nitrogens is 3. The molecule has 10 rings (SSSR count). The Morgan fingerprint density at radius 3 is 1.80 bits per heavy atom. The minimum Gasteiger partial charge on any atom is -0.456 e. The summed E-state index contributed by atoms with van der Waals surface area (Å²) < 4.78 is 6.25. The first-order chi connectivity index (χ1) is 24.3. The molecule has 4 heteroatoms. The number of benzene rings is 8. The second-order valence-corrected chi connectivity index (χ2v) is 12.3. The molecule has 2 aromatic heterocycles. The third kappa shape index (κ3) is 4.42. The third-order valence-corrected chi connectivity index (χ3v) is 9.54. The van der Waals surface area contributed by atoms with Gasteiger partial charge in [-0.05, 0) is 55.6 Å². The number of hydrogen-bond donors (Lipinski definition) is 0. The lowest BCUT2D eigenvalue weighted by atomic mass is 9.90. The van der Waals surface area contributed by atoms with Gasteiger partial charge in [0.1, 0.15) is 11.2 Å². The lowest BCUT2D eigenvalue weighted by Gasteiger charge is -2.15. The van der Waals surface area contributed by atoms with Gasteiger partial charge in [0.25, 0.3) is 0 Å². The van der Waals surface area contributed by atoms with Crippen molar-refractivity contribution in [3.8, 4) is 45.3 Å². The summed E-state index contributed by atoms with van der Waals surface area (Å²) >= 11 is 0. The summed E-state index contributed by atoms with van der Waals surface area (Å²) in [6.07, 6.45) is 0. The van der Waals surface area contributed by atoms with Crippen molar-refractivity contribution in [1.82, 2.24) is 15.0 Å². The molecule has 0 N–H and O–H groups in total. The van der Waals surface area contributed by atoms with E-state index < -0.39 is 0 Å². The summed E-state index contributed by atoms with van der Waals surface area (Å²) in [6.45, 7) is 0. The van der Waals surface area contributed by atoms with Gasteiger partial charge in [-0.2, -0.15) is 0 Å². The van der Waals surface area contributed by atoms with Crippen LogP contribution in [-0.2, 0) is 0 Å². The van der Waals surface area contributed by atoms with E-state index in [9.17, 15) is 0 Å². The van der Waals surface area contributed by atoms with E-state index in [1.54, 1.807) is 0 Å². The van der Waals surface area contributed by atoms with Crippen molar-refractivity contribution in [3.05, 3.63) is 164 Å². The number of para-hydroxylation sites is 1. The minimum absolute atomic E-state index is 0.602. The highest BCUT2D eigenvalue weighted by atomic mass is 16.3. The number of nitrogens with zero attached hydrogens (tertiary/aromatic N) is 3. The van der Waals surface area contributed by atoms with Gasteiger partial charge in [-0.25, -0.2) is 15.0 Å². The van der Waals surface area contributed by atoms with Crippen LogP contribution in [0.1, 0.15) is 0 Å². The van der Waals surface area contributed by atoms with Gasteiger partial charge in [0.15, 0.2) is 17.5 Å². The highest BCUT2D eigenvalue weighted by Crippen LogP contribution is 2.41. The molecular weight excluding hydrogens is 599 g/mol. The molecule has 10 aromatic rings. The lowest BCUT2D eigenvalue weighted by molar-refractivity contribution is 0.669. The molecule has 49 heavy (non-hydrogen) atoms. The largest absolute Gasteiger partial charge is 0.456 e. The maximum absolute atomic E-state index is 6.25. The van der Waals surface area contributed by atoms with E-state index in [-0.39, 0.29) is 0 Å². The fraction of sp³-hybridized carbons (Fsp3) is 0. The quantitative estimate of drug-likeness (QED) is 0.183. The number of rotatable bonds is 4. The van der Waals surface area contributed by atoms with E-state index in [1.165, 1.54) is 32.3 Å². The molecule has 4 nitrogen and oxygen atoms in total. The molecule has 0 saturated heterocycles. The fourth-order valence-electron chi connectivity index (χ4n) is 7.31. The SMILES string of the molecule is c1ccc(-c2nc(-c3ccccc3-c3cccc4ccc5c6ccccc6ccc5c34)nc(-c3cccc4oc5ccccc5c34)n2)cc1. The maximum atomic E-state index is 6.25. The third-order valence-electron chi connectivity index (χ3n) is 9.54. The normalized spacial score (nSPS) is 11.7. The fourth-order valence-corrected chi connectivity index (χ4v) is 7.31. The predicted octanol–water partition coefficient (Wildman–Crippen LogP) is 11.9. The monoisotopic (exact) mass is 625 g/mol. The Balaban J connectivity index is 1.25. The smallest absolute Gasteiger partial charge is 0.164 e. The van der Waals surface area contributed by atoms with Gasteiger partial charge in [0.2, 0.25) is 0 Å². The molecule has 0 amide bonds. The molecule has 0 bridgehead atoms. The second kappa shape index (κ2) is 11.0. The summed E-state index contributed by atoms with van der Waals surface area (Å²) in [6, 6.07) is 56.9. The van der Waals surface area contributed by atoms with Crippen molar-refractivity contribution in [2.75, 3.05) is 0 Å². The standard InChI is InChI=1S/C45H27N3O/c1-2-13-30(14-3-1)43-46-44(48-45(47-43)38-21-11-23-40-42(38)37-19-8-9-22-39(37)49-40)36-18-7-6-17-32(36)34-20-10-15-29-25-26-33-31-16-5-4-12-28(31)24-27-35(33)41(29)34/h1-27H. The van der Waals surface area contributed by atoms with Crippen molar-refractivity contribution < 1.29 is 4.42 Å². The van der Waals surface area contributed by atoms with Crippen molar-refractivity contribution in [2.24, 2.45) is 0 Å². The molecule has 228 valence electrons. The van der Waals surface area contributed by atoms with Crippen LogP contribution in [0.2, 0.25) is 0 Å². The molecule has 0 spiro atoms.